The van der Waals surface area contributed by atoms with Gasteiger partial charge in [0.15, 0.2) is 11.5 Å². The van der Waals surface area contributed by atoms with Gasteiger partial charge in [-0.15, -0.1) is 4.91 Å². The number of hydrogen-bond acceptors (Lipinski definition) is 14. The molecule has 0 fully saturated rings. The van der Waals surface area contributed by atoms with Crippen molar-refractivity contribution in [3.8, 4) is 22.9 Å². The summed E-state index contributed by atoms with van der Waals surface area (Å²) in [5.74, 6) is 1.31. The highest BCUT2D eigenvalue weighted by molar-refractivity contribution is 6.35. The number of benzene rings is 5. The molecule has 358 valence electrons. The van der Waals surface area contributed by atoms with Crippen LogP contribution >= 0.6 is 34.8 Å². The number of hydrogen-bond donors (Lipinski definition) is 1. The fourth-order valence-electron chi connectivity index (χ4n) is 5.72. The van der Waals surface area contributed by atoms with E-state index in [4.69, 9.17) is 54.7 Å². The lowest BCUT2D eigenvalue weighted by Gasteiger charge is -2.12. The van der Waals surface area contributed by atoms with Crippen LogP contribution in [0.1, 0.15) is 48.8 Å². The van der Waals surface area contributed by atoms with Gasteiger partial charge in [0.2, 0.25) is 5.03 Å². The molecule has 0 saturated carbocycles. The van der Waals surface area contributed by atoms with Crippen LogP contribution < -0.4 is 25.5 Å². The second-order valence-electron chi connectivity index (χ2n) is 13.9. The van der Waals surface area contributed by atoms with E-state index in [1.165, 1.54) is 30.6 Å². The Balaban J connectivity index is 0.000000243. The maximum Gasteiger partial charge on any atom is 0.446 e. The highest BCUT2D eigenvalue weighted by Gasteiger charge is 2.26. The third kappa shape index (κ3) is 17.4. The van der Waals surface area contributed by atoms with E-state index in [9.17, 15) is 34.2 Å². The number of aromatic nitrogens is 2. The second-order valence-corrected chi connectivity index (χ2v) is 15.1. The van der Waals surface area contributed by atoms with Crippen LogP contribution in [0.15, 0.2) is 148 Å². The fraction of sp³-hybridized carbons (Fsp3) is 0.180. The number of carbonyl (C=O) groups is 3. The van der Waals surface area contributed by atoms with Gasteiger partial charge in [-0.3, -0.25) is 33.9 Å². The van der Waals surface area contributed by atoms with E-state index in [0.717, 1.165) is 28.3 Å². The molecule has 6 aromatic rings. The van der Waals surface area contributed by atoms with Crippen molar-refractivity contribution >= 4 is 74.7 Å². The number of nitro groups is 1. The molecule has 1 aliphatic rings. The quantitative estimate of drug-likeness (QED) is 0.0176. The van der Waals surface area contributed by atoms with Crippen molar-refractivity contribution in [1.82, 2.24) is 9.55 Å². The predicted octanol–water partition coefficient (Wildman–Crippen LogP) is 11.0. The molecule has 0 atom stereocenters. The number of para-hydroxylation sites is 1. The number of ketones is 2. The van der Waals surface area contributed by atoms with E-state index in [1.54, 1.807) is 95.0 Å². The molecule has 0 saturated heterocycles. The van der Waals surface area contributed by atoms with Crippen LogP contribution in [-0.2, 0) is 20.7 Å². The van der Waals surface area contributed by atoms with Crippen LogP contribution in [0.5, 0.6) is 17.2 Å². The zero-order chi connectivity index (χ0) is 51.0. The van der Waals surface area contributed by atoms with E-state index in [0.29, 0.717) is 51.2 Å². The number of halogens is 3. The van der Waals surface area contributed by atoms with Gasteiger partial charge in [0.25, 0.3) is 5.56 Å². The monoisotopic (exact) mass is 998 g/mol. The Kier molecular flexibility index (Phi) is 22.9. The molecule has 0 spiro atoms. The summed E-state index contributed by atoms with van der Waals surface area (Å²) in [6, 6.07) is 32.4. The molecule has 2 N–H and O–H groups in total. The van der Waals surface area contributed by atoms with Crippen LogP contribution in [0.4, 0.5) is 11.4 Å². The number of anilines is 1. The molecule has 19 heteroatoms. The Hall–Kier alpha value is -7.75. The number of nitrogens with zero attached hydrogens (tertiary/aromatic N) is 4. The van der Waals surface area contributed by atoms with Gasteiger partial charge in [-0.1, -0.05) is 53.5 Å². The molecule has 0 bridgehead atoms. The van der Waals surface area contributed by atoms with E-state index >= 15 is 0 Å². The minimum absolute atomic E-state index is 0.103. The first-order valence-electron chi connectivity index (χ1n) is 20.4. The van der Waals surface area contributed by atoms with E-state index in [-0.39, 0.29) is 28.6 Å². The topological polar surface area (TPSA) is 222 Å². The minimum atomic E-state index is -0.567. The molecular weight excluding hydrogens is 953 g/mol. The number of esters is 1. The summed E-state index contributed by atoms with van der Waals surface area (Å²) in [5, 5.41) is 14.0. The first-order chi connectivity index (χ1) is 33.0. The maximum atomic E-state index is 12.7. The van der Waals surface area contributed by atoms with Gasteiger partial charge in [0, 0.05) is 36.0 Å². The van der Waals surface area contributed by atoms with E-state index < -0.39 is 22.2 Å². The number of nitroso groups, excluding NO2 is 1. The summed E-state index contributed by atoms with van der Waals surface area (Å²) >= 11 is 17.6. The minimum Gasteiger partial charge on any atom is -0.497 e. The number of carbonyl (C=O) groups excluding carboxylic acids is 3. The number of nitrogen functional groups attached to an aromatic ring is 1. The first-order valence-corrected chi connectivity index (χ1v) is 21.6. The number of nitrogens with two attached hydrogens (primary N) is 1. The normalized spacial score (nSPS) is 10.7. The number of methoxy groups -OCH3 is 3. The molecule has 16 nitrogen and oxygen atoms in total. The van der Waals surface area contributed by atoms with Gasteiger partial charge in [-0.2, -0.15) is 0 Å². The van der Waals surface area contributed by atoms with Crippen LogP contribution in [0.3, 0.4) is 0 Å². The van der Waals surface area contributed by atoms with Gasteiger partial charge in [-0.25, -0.2) is 4.98 Å². The largest absolute Gasteiger partial charge is 0.497 e. The number of allylic oxidation sites excluding steroid dienone is 5. The smallest absolute Gasteiger partial charge is 0.446 e. The van der Waals surface area contributed by atoms with Gasteiger partial charge in [0.1, 0.15) is 57.7 Å². The summed E-state index contributed by atoms with van der Waals surface area (Å²) in [7, 11) is 4.82. The van der Waals surface area contributed by atoms with Gasteiger partial charge >= 0.3 is 11.7 Å². The lowest BCUT2D eigenvalue weighted by Crippen LogP contribution is -2.26. The van der Waals surface area contributed by atoms with Gasteiger partial charge in [0.05, 0.1) is 49.6 Å². The summed E-state index contributed by atoms with van der Waals surface area (Å²) in [6.45, 7) is 4.71. The van der Waals surface area contributed by atoms with Crippen molar-refractivity contribution in [2.75, 3.05) is 33.7 Å². The van der Waals surface area contributed by atoms with E-state index in [1.807, 2.05) is 48.5 Å². The summed E-state index contributed by atoms with van der Waals surface area (Å²) in [5.41, 5.74) is 9.16. The number of Topliss-reactive ketones (excluding diaryl/α,β-unsaturated/α-hetero) is 2. The molecule has 0 unspecified atom stereocenters. The fourth-order valence-corrected chi connectivity index (χ4v) is 6.36. The van der Waals surface area contributed by atoms with Crippen molar-refractivity contribution in [1.29, 1.82) is 0 Å². The van der Waals surface area contributed by atoms with Crippen molar-refractivity contribution in [2.45, 2.75) is 33.6 Å². The van der Waals surface area contributed by atoms with Crippen LogP contribution in [-0.4, -0.2) is 59.9 Å². The maximum absolute atomic E-state index is 12.7. The van der Waals surface area contributed by atoms with Crippen LogP contribution in [0.25, 0.3) is 16.7 Å². The van der Waals surface area contributed by atoms with Crippen LogP contribution in [0.2, 0.25) is 10.0 Å². The number of rotatable bonds is 12. The Labute approximate surface area is 412 Å². The Bertz CT molecular complexity index is 2880. The lowest BCUT2D eigenvalue weighted by atomic mass is 10.0. The molecule has 0 amide bonds. The zero-order valence-electron chi connectivity index (χ0n) is 38.2. The Morgan fingerprint density at radius 1 is 0.812 bits per heavy atom. The van der Waals surface area contributed by atoms with Crippen LogP contribution in [0, 0.1) is 21.1 Å². The molecule has 69 heavy (non-hydrogen) atoms. The molecule has 1 heterocycles. The molecule has 0 aliphatic heterocycles. The average molecular weight is 1000 g/mol. The van der Waals surface area contributed by atoms with Gasteiger partial charge < -0.3 is 24.7 Å². The highest BCUT2D eigenvalue weighted by Crippen LogP contribution is 2.31. The van der Waals surface area contributed by atoms with Crippen molar-refractivity contribution in [3.63, 3.8) is 0 Å². The average Bonchev–Trinajstić information content (AvgIpc) is 3.33. The first kappa shape index (κ1) is 55.6. The molecule has 7 rings (SSSR count). The van der Waals surface area contributed by atoms with E-state index in [2.05, 4.69) is 21.0 Å². The highest BCUT2D eigenvalue weighted by atomic mass is 35.5. The predicted molar refractivity (Wildman–Crippen MR) is 268 cm³/mol. The Morgan fingerprint density at radius 3 is 1.86 bits per heavy atom. The summed E-state index contributed by atoms with van der Waals surface area (Å²) in [6.07, 6.45) is 7.41. The standard InChI is InChI=1S/C17H13ClN2O3.C14H12ClNO2.C7H9NO.C6H3ClNO2.C6H10O3/c1-10(21)15-17(22)20(11-6-8-12(23-2)9-7-11)14-5-3-4-13(18)16(14)19-15;1-18-12-7-5-10(6-8-12)9-11-3-2-4-13(15)14(11)16-17;1-9-7-4-2-6(8)3-5-7;7-5-3-1-2-4-6(5)8(9)10;1-3-9-6(8)4-5(2)7/h3-9H,1-2H3;2-8H,9H2,1H3;2-5H,8H2,1H3;1-3H;3-4H2,1-2H3/q;;;+1;. The number of ether oxygens (including phenoxy) is 4. The zero-order valence-corrected chi connectivity index (χ0v) is 40.5. The molecule has 1 aliphatic carbocycles. The molecular formula is C50H47Cl3N5O11+. The molecule has 5 aromatic carbocycles. The van der Waals surface area contributed by atoms with Gasteiger partial charge in [-0.05, 0) is 115 Å². The number of fused-ring (bicyclic) bond motifs is 1. The second kappa shape index (κ2) is 28.4. The molecule has 1 aromatic heterocycles. The van der Waals surface area contributed by atoms with Crippen molar-refractivity contribution in [2.24, 2.45) is 5.18 Å². The SMILES string of the molecule is CCOC(=O)CC(C)=O.COc1ccc(-n2c(=O)c(C(C)=O)nc3c(Cl)cccc32)cc1.COc1ccc(Cc2cccc(Cl)c2N=O)cc1.COc1ccc(N)cc1.O=[N+]([O-])C1=[C+]C=CC=C1Cl. The summed E-state index contributed by atoms with van der Waals surface area (Å²) in [4.78, 5) is 69.6. The lowest BCUT2D eigenvalue weighted by molar-refractivity contribution is -0.420. The molecule has 0 radical (unpaired) electrons. The van der Waals surface area contributed by atoms with Crippen molar-refractivity contribution in [3.05, 3.63) is 196 Å². The third-order valence-electron chi connectivity index (χ3n) is 9.00. The van der Waals surface area contributed by atoms with Crippen molar-refractivity contribution < 1.29 is 38.3 Å². The summed E-state index contributed by atoms with van der Waals surface area (Å²) < 4.78 is 21.1. The Morgan fingerprint density at radius 2 is 1.36 bits per heavy atom. The third-order valence-corrected chi connectivity index (χ3v) is 9.91.